The molecule has 0 aromatic heterocycles. The van der Waals surface area contributed by atoms with Crippen LogP contribution in [-0.4, -0.2) is 17.4 Å². The van der Waals surface area contributed by atoms with E-state index in [1.165, 1.54) is 30.3 Å². The molecule has 0 radical (unpaired) electrons. The van der Waals surface area contributed by atoms with Crippen LogP contribution in [0.3, 0.4) is 0 Å². The Morgan fingerprint density at radius 1 is 1.25 bits per heavy atom. The molecule has 0 saturated heterocycles. The molecule has 1 amide bonds. The van der Waals surface area contributed by atoms with Crippen molar-refractivity contribution in [2.75, 3.05) is 11.9 Å². The highest BCUT2D eigenvalue weighted by Crippen LogP contribution is 2.30. The lowest BCUT2D eigenvalue weighted by Crippen LogP contribution is -2.21. The molecule has 0 heterocycles. The molecule has 0 aliphatic carbocycles. The van der Waals surface area contributed by atoms with Crippen molar-refractivity contribution in [3.8, 4) is 11.8 Å². The molecular formula is C15H9Cl2N3O4. The summed E-state index contributed by atoms with van der Waals surface area (Å²) < 4.78 is 5.16. The highest BCUT2D eigenvalue weighted by atomic mass is 35.5. The average Bonchev–Trinajstić information content (AvgIpc) is 2.53. The fourth-order valence-electron chi connectivity index (χ4n) is 1.80. The number of carbonyl (C=O) groups is 1. The van der Waals surface area contributed by atoms with Crippen LogP contribution in [-0.2, 0) is 4.79 Å². The predicted molar refractivity (Wildman–Crippen MR) is 88.4 cm³/mol. The lowest BCUT2D eigenvalue weighted by atomic mass is 10.2. The first kappa shape index (κ1) is 17.5. The number of amides is 1. The molecule has 2 aromatic carbocycles. The first-order chi connectivity index (χ1) is 11.4. The standard InChI is InChI=1S/C15H9Cl2N3O4/c16-10-2-1-9(7-18)12(5-10)19-15(21)8-24-14-4-3-11(17)6-13(14)20(22)23/h1-6H,8H2,(H,19,21). The van der Waals surface area contributed by atoms with Crippen LogP contribution in [0.15, 0.2) is 36.4 Å². The third-order valence-electron chi connectivity index (χ3n) is 2.85. The van der Waals surface area contributed by atoms with E-state index in [1.807, 2.05) is 6.07 Å². The van der Waals surface area contributed by atoms with Crippen LogP contribution < -0.4 is 10.1 Å². The molecule has 0 bridgehead atoms. The molecule has 0 aliphatic rings. The maximum Gasteiger partial charge on any atom is 0.312 e. The molecule has 24 heavy (non-hydrogen) atoms. The molecule has 0 saturated carbocycles. The maximum atomic E-state index is 11.9. The topological polar surface area (TPSA) is 105 Å². The van der Waals surface area contributed by atoms with Crippen LogP contribution in [0.2, 0.25) is 10.0 Å². The highest BCUT2D eigenvalue weighted by molar-refractivity contribution is 6.31. The normalized spacial score (nSPS) is 9.88. The Morgan fingerprint density at radius 3 is 2.58 bits per heavy atom. The zero-order valence-corrected chi connectivity index (χ0v) is 13.5. The van der Waals surface area contributed by atoms with Gasteiger partial charge in [-0.05, 0) is 30.3 Å². The summed E-state index contributed by atoms with van der Waals surface area (Å²) >= 11 is 11.5. The average molecular weight is 366 g/mol. The van der Waals surface area contributed by atoms with Crippen LogP contribution in [0, 0.1) is 21.4 Å². The lowest BCUT2D eigenvalue weighted by Gasteiger charge is -2.09. The fourth-order valence-corrected chi connectivity index (χ4v) is 2.14. The summed E-state index contributed by atoms with van der Waals surface area (Å²) in [6, 6.07) is 10.1. The summed E-state index contributed by atoms with van der Waals surface area (Å²) in [6.07, 6.45) is 0. The molecule has 9 heteroatoms. The van der Waals surface area contributed by atoms with Crippen LogP contribution >= 0.6 is 23.2 Å². The number of nitrogens with zero attached hydrogens (tertiary/aromatic N) is 2. The Morgan fingerprint density at radius 2 is 1.92 bits per heavy atom. The van der Waals surface area contributed by atoms with Gasteiger partial charge in [0.05, 0.1) is 16.2 Å². The van der Waals surface area contributed by atoms with E-state index in [-0.39, 0.29) is 27.7 Å². The molecular weight excluding hydrogens is 357 g/mol. The number of halogens is 2. The van der Waals surface area contributed by atoms with Gasteiger partial charge in [0.25, 0.3) is 5.91 Å². The van der Waals surface area contributed by atoms with E-state index in [1.54, 1.807) is 0 Å². The van der Waals surface area contributed by atoms with E-state index in [0.29, 0.717) is 5.02 Å². The van der Waals surface area contributed by atoms with Gasteiger partial charge >= 0.3 is 5.69 Å². The number of nitro benzene ring substituents is 1. The van der Waals surface area contributed by atoms with Gasteiger partial charge in [-0.2, -0.15) is 5.26 Å². The zero-order valence-electron chi connectivity index (χ0n) is 12.0. The Balaban J connectivity index is 2.09. The van der Waals surface area contributed by atoms with Crippen LogP contribution in [0.1, 0.15) is 5.56 Å². The zero-order chi connectivity index (χ0) is 17.7. The first-order valence-electron chi connectivity index (χ1n) is 6.47. The number of nitrogens with one attached hydrogen (secondary N) is 1. The van der Waals surface area contributed by atoms with Crippen molar-refractivity contribution in [2.24, 2.45) is 0 Å². The molecule has 2 aromatic rings. The van der Waals surface area contributed by atoms with E-state index < -0.39 is 17.4 Å². The second-order valence-electron chi connectivity index (χ2n) is 4.51. The Labute approximate surface area is 146 Å². The van der Waals surface area contributed by atoms with Gasteiger partial charge in [-0.25, -0.2) is 0 Å². The summed E-state index contributed by atoms with van der Waals surface area (Å²) in [5.41, 5.74) is 0.102. The minimum absolute atomic E-state index is 0.0915. The number of ether oxygens (including phenoxy) is 1. The van der Waals surface area contributed by atoms with E-state index in [9.17, 15) is 14.9 Å². The molecule has 7 nitrogen and oxygen atoms in total. The Hall–Kier alpha value is -2.82. The number of hydrogen-bond acceptors (Lipinski definition) is 5. The largest absolute Gasteiger partial charge is 0.477 e. The number of anilines is 1. The number of rotatable bonds is 5. The molecule has 0 spiro atoms. The number of benzene rings is 2. The van der Waals surface area contributed by atoms with Gasteiger partial charge in [-0.3, -0.25) is 14.9 Å². The molecule has 0 unspecified atom stereocenters. The van der Waals surface area contributed by atoms with E-state index in [0.717, 1.165) is 6.07 Å². The molecule has 2 rings (SSSR count). The minimum Gasteiger partial charge on any atom is -0.477 e. The van der Waals surface area contributed by atoms with Gasteiger partial charge in [0.1, 0.15) is 6.07 Å². The summed E-state index contributed by atoms with van der Waals surface area (Å²) in [5, 5.41) is 22.9. The summed E-state index contributed by atoms with van der Waals surface area (Å²) in [4.78, 5) is 22.2. The fraction of sp³-hybridized carbons (Fsp3) is 0.0667. The second-order valence-corrected chi connectivity index (χ2v) is 5.38. The number of nitriles is 1. The van der Waals surface area contributed by atoms with Gasteiger partial charge in [-0.15, -0.1) is 0 Å². The van der Waals surface area contributed by atoms with Gasteiger partial charge in [0.2, 0.25) is 0 Å². The Kier molecular flexibility index (Phi) is 5.58. The van der Waals surface area contributed by atoms with E-state index in [2.05, 4.69) is 5.32 Å². The first-order valence-corrected chi connectivity index (χ1v) is 7.22. The van der Waals surface area contributed by atoms with Crippen LogP contribution in [0.4, 0.5) is 11.4 Å². The number of hydrogen-bond donors (Lipinski definition) is 1. The van der Waals surface area contributed by atoms with Crippen molar-refractivity contribution in [1.82, 2.24) is 0 Å². The van der Waals surface area contributed by atoms with E-state index >= 15 is 0 Å². The van der Waals surface area contributed by atoms with Crippen LogP contribution in [0.25, 0.3) is 0 Å². The summed E-state index contributed by atoms with van der Waals surface area (Å²) in [5.74, 6) is -0.691. The lowest BCUT2D eigenvalue weighted by molar-refractivity contribution is -0.385. The molecule has 0 aliphatic heterocycles. The second kappa shape index (κ2) is 7.64. The van der Waals surface area contributed by atoms with Crippen molar-refractivity contribution < 1.29 is 14.5 Å². The van der Waals surface area contributed by atoms with Gasteiger partial charge in [0, 0.05) is 16.1 Å². The van der Waals surface area contributed by atoms with Crippen molar-refractivity contribution in [3.63, 3.8) is 0 Å². The predicted octanol–water partition coefficient (Wildman–Crippen LogP) is 3.79. The monoisotopic (exact) mass is 365 g/mol. The van der Waals surface area contributed by atoms with Crippen molar-refractivity contribution in [1.29, 1.82) is 5.26 Å². The summed E-state index contributed by atoms with van der Waals surface area (Å²) in [7, 11) is 0. The van der Waals surface area contributed by atoms with Gasteiger partial charge < -0.3 is 10.1 Å². The SMILES string of the molecule is N#Cc1ccc(Cl)cc1NC(=O)COc1ccc(Cl)cc1[N+](=O)[O-]. The quantitative estimate of drug-likeness (QED) is 0.640. The van der Waals surface area contributed by atoms with Crippen molar-refractivity contribution in [2.45, 2.75) is 0 Å². The maximum absolute atomic E-state index is 11.9. The van der Waals surface area contributed by atoms with Gasteiger partial charge in [0.15, 0.2) is 12.4 Å². The van der Waals surface area contributed by atoms with Gasteiger partial charge in [-0.1, -0.05) is 23.2 Å². The molecule has 0 fully saturated rings. The number of nitro groups is 1. The molecule has 122 valence electrons. The number of carbonyl (C=O) groups excluding carboxylic acids is 1. The van der Waals surface area contributed by atoms with Crippen LogP contribution in [0.5, 0.6) is 5.75 Å². The smallest absolute Gasteiger partial charge is 0.312 e. The third-order valence-corrected chi connectivity index (χ3v) is 3.32. The summed E-state index contributed by atoms with van der Waals surface area (Å²) in [6.45, 7) is -0.486. The van der Waals surface area contributed by atoms with E-state index in [4.69, 9.17) is 33.2 Å². The molecule has 1 N–H and O–H groups in total. The third kappa shape index (κ3) is 4.35. The Bertz CT molecular complexity index is 849. The highest BCUT2D eigenvalue weighted by Gasteiger charge is 2.17. The van der Waals surface area contributed by atoms with Crippen molar-refractivity contribution >= 4 is 40.5 Å². The molecule has 0 atom stereocenters. The van der Waals surface area contributed by atoms with Crippen molar-refractivity contribution in [3.05, 3.63) is 62.1 Å². The minimum atomic E-state index is -0.663.